The van der Waals surface area contributed by atoms with Gasteiger partial charge in [-0.15, -0.1) is 0 Å². The Morgan fingerprint density at radius 2 is 1.60 bits per heavy atom. The number of amides is 1. The fourth-order valence-electron chi connectivity index (χ4n) is 4.25. The van der Waals surface area contributed by atoms with Crippen LogP contribution in [0.25, 0.3) is 22.2 Å². The lowest BCUT2D eigenvalue weighted by Gasteiger charge is -2.15. The molecule has 0 bridgehead atoms. The van der Waals surface area contributed by atoms with E-state index in [9.17, 15) is 26.7 Å². The van der Waals surface area contributed by atoms with Crippen molar-refractivity contribution in [1.82, 2.24) is 25.5 Å². The number of hydrogen-bond donors (Lipinski definition) is 5. The quantitative estimate of drug-likeness (QED) is 0.140. The number of nitrogens with one attached hydrogen (secondary N) is 4. The summed E-state index contributed by atoms with van der Waals surface area (Å²) in [7, 11) is 0. The predicted octanol–water partition coefficient (Wildman–Crippen LogP) is 5.23. The second kappa shape index (κ2) is 12.4. The highest BCUT2D eigenvalue weighted by molar-refractivity contribution is 5.99. The standard InChI is InChI=1S/C29H25F5N8O/c30-23-6-3-17(9-24(23)31)13-40-28(43)22-11-20(29(32,33)34)15-39-25(22)37-12-16-1-4-18(5-2-16)19-10-21-26(36-8-7-35)41-42-27(21)38-14-19/h1-6,9-11,14-15H,7-8,12-13,35H2,(H,37,39)(H,40,43)(H2,36,38,41,42). The van der Waals surface area contributed by atoms with Gasteiger partial charge in [0.15, 0.2) is 23.1 Å². The predicted molar refractivity (Wildman–Crippen MR) is 151 cm³/mol. The lowest BCUT2D eigenvalue weighted by Crippen LogP contribution is -2.25. The van der Waals surface area contributed by atoms with Crippen LogP contribution >= 0.6 is 0 Å². The summed E-state index contributed by atoms with van der Waals surface area (Å²) in [6.45, 7) is 0.908. The van der Waals surface area contributed by atoms with Crippen LogP contribution in [-0.4, -0.2) is 39.2 Å². The van der Waals surface area contributed by atoms with Gasteiger partial charge in [-0.3, -0.25) is 9.89 Å². The van der Waals surface area contributed by atoms with Crippen molar-refractivity contribution in [2.24, 2.45) is 5.73 Å². The molecule has 222 valence electrons. The number of aromatic amines is 1. The van der Waals surface area contributed by atoms with Crippen molar-refractivity contribution in [1.29, 1.82) is 0 Å². The zero-order valence-electron chi connectivity index (χ0n) is 22.4. The van der Waals surface area contributed by atoms with Gasteiger partial charge < -0.3 is 21.7 Å². The Morgan fingerprint density at radius 1 is 0.837 bits per heavy atom. The largest absolute Gasteiger partial charge is 0.417 e. The van der Waals surface area contributed by atoms with Crippen molar-refractivity contribution in [2.75, 3.05) is 23.7 Å². The highest BCUT2D eigenvalue weighted by atomic mass is 19.4. The van der Waals surface area contributed by atoms with Crippen molar-refractivity contribution in [3.8, 4) is 11.1 Å². The van der Waals surface area contributed by atoms with E-state index in [4.69, 9.17) is 5.73 Å². The number of nitrogens with two attached hydrogens (primary N) is 1. The maximum atomic E-state index is 13.5. The zero-order chi connectivity index (χ0) is 30.6. The summed E-state index contributed by atoms with van der Waals surface area (Å²) in [6.07, 6.45) is -2.39. The molecule has 0 atom stereocenters. The third kappa shape index (κ3) is 6.86. The van der Waals surface area contributed by atoms with Crippen LogP contribution in [0, 0.1) is 11.6 Å². The summed E-state index contributed by atoms with van der Waals surface area (Å²) in [4.78, 5) is 21.2. The van der Waals surface area contributed by atoms with E-state index in [1.165, 1.54) is 6.07 Å². The molecule has 0 aliphatic rings. The molecule has 0 aliphatic heterocycles. The Hall–Kier alpha value is -5.11. The lowest BCUT2D eigenvalue weighted by molar-refractivity contribution is -0.137. The van der Waals surface area contributed by atoms with E-state index in [2.05, 4.69) is 36.1 Å². The third-order valence-electron chi connectivity index (χ3n) is 6.50. The minimum atomic E-state index is -4.73. The van der Waals surface area contributed by atoms with Crippen LogP contribution in [0.15, 0.2) is 67.0 Å². The molecule has 0 radical (unpaired) electrons. The van der Waals surface area contributed by atoms with Crippen molar-refractivity contribution in [3.63, 3.8) is 0 Å². The number of pyridine rings is 2. The van der Waals surface area contributed by atoms with Crippen LogP contribution in [0.3, 0.4) is 0 Å². The maximum Gasteiger partial charge on any atom is 0.417 e. The zero-order valence-corrected chi connectivity index (χ0v) is 22.4. The number of halogens is 5. The summed E-state index contributed by atoms with van der Waals surface area (Å²) in [5, 5.41) is 16.4. The number of H-pyrrole nitrogens is 1. The van der Waals surface area contributed by atoms with Crippen molar-refractivity contribution in [3.05, 3.63) is 101 Å². The van der Waals surface area contributed by atoms with Crippen LogP contribution in [0.5, 0.6) is 0 Å². The van der Waals surface area contributed by atoms with Gasteiger partial charge in [-0.25, -0.2) is 18.7 Å². The van der Waals surface area contributed by atoms with Gasteiger partial charge in [-0.05, 0) is 41.0 Å². The first kappa shape index (κ1) is 29.4. The molecule has 6 N–H and O–H groups in total. The molecule has 0 fully saturated rings. The van der Waals surface area contributed by atoms with Crippen LogP contribution in [0.2, 0.25) is 0 Å². The first-order valence-electron chi connectivity index (χ1n) is 13.0. The van der Waals surface area contributed by atoms with Crippen LogP contribution in [0.1, 0.15) is 27.0 Å². The van der Waals surface area contributed by atoms with Gasteiger partial charge in [0.2, 0.25) is 0 Å². The summed E-state index contributed by atoms with van der Waals surface area (Å²) in [5.74, 6) is -2.47. The summed E-state index contributed by atoms with van der Waals surface area (Å²) >= 11 is 0. The molecule has 0 saturated heterocycles. The third-order valence-corrected chi connectivity index (χ3v) is 6.50. The maximum absolute atomic E-state index is 13.5. The SMILES string of the molecule is NCCNc1n[nH]c2ncc(-c3ccc(CNc4ncc(C(F)(F)F)cc4C(=O)NCc4ccc(F)c(F)c4)cc3)cc12. The van der Waals surface area contributed by atoms with E-state index in [1.54, 1.807) is 6.20 Å². The molecule has 43 heavy (non-hydrogen) atoms. The van der Waals surface area contributed by atoms with E-state index in [1.807, 2.05) is 30.3 Å². The average molecular weight is 597 g/mol. The first-order valence-corrected chi connectivity index (χ1v) is 13.0. The van der Waals surface area contributed by atoms with Gasteiger partial charge in [0, 0.05) is 44.1 Å². The second-order valence-electron chi connectivity index (χ2n) is 9.51. The number of carbonyl (C=O) groups is 1. The minimum absolute atomic E-state index is 0.0769. The number of alkyl halides is 3. The molecule has 0 spiro atoms. The van der Waals surface area contributed by atoms with E-state index in [0.29, 0.717) is 36.8 Å². The topological polar surface area (TPSA) is 134 Å². The van der Waals surface area contributed by atoms with E-state index in [0.717, 1.165) is 34.2 Å². The molecule has 9 nitrogen and oxygen atoms in total. The number of benzene rings is 2. The Morgan fingerprint density at radius 3 is 2.33 bits per heavy atom. The van der Waals surface area contributed by atoms with Crippen LogP contribution in [-0.2, 0) is 19.3 Å². The van der Waals surface area contributed by atoms with Crippen molar-refractivity contribution >= 4 is 28.6 Å². The highest BCUT2D eigenvalue weighted by Crippen LogP contribution is 2.31. The number of aromatic nitrogens is 4. The van der Waals surface area contributed by atoms with Gasteiger partial charge in [0.1, 0.15) is 5.82 Å². The molecular weight excluding hydrogens is 571 g/mol. The Balaban J connectivity index is 1.31. The molecule has 5 aromatic rings. The number of hydrogen-bond acceptors (Lipinski definition) is 7. The fraction of sp³-hybridized carbons (Fsp3) is 0.172. The molecule has 14 heteroatoms. The van der Waals surface area contributed by atoms with Crippen LogP contribution in [0.4, 0.5) is 33.6 Å². The van der Waals surface area contributed by atoms with Crippen LogP contribution < -0.4 is 21.7 Å². The molecule has 0 unspecified atom stereocenters. The van der Waals surface area contributed by atoms with Crippen molar-refractivity contribution < 1.29 is 26.7 Å². The smallest absolute Gasteiger partial charge is 0.367 e. The number of nitrogens with zero attached hydrogens (tertiary/aromatic N) is 3. The van der Waals surface area contributed by atoms with Crippen molar-refractivity contribution in [2.45, 2.75) is 19.3 Å². The Labute approximate surface area is 241 Å². The first-order chi connectivity index (χ1) is 20.6. The number of carbonyl (C=O) groups excluding carboxylic acids is 1. The lowest BCUT2D eigenvalue weighted by atomic mass is 10.0. The minimum Gasteiger partial charge on any atom is -0.367 e. The second-order valence-corrected chi connectivity index (χ2v) is 9.51. The number of fused-ring (bicyclic) bond motifs is 1. The molecule has 0 aliphatic carbocycles. The average Bonchev–Trinajstić information content (AvgIpc) is 3.41. The highest BCUT2D eigenvalue weighted by Gasteiger charge is 2.32. The normalized spacial score (nSPS) is 11.5. The van der Waals surface area contributed by atoms with E-state index < -0.39 is 29.3 Å². The molecule has 3 aromatic heterocycles. The van der Waals surface area contributed by atoms with Gasteiger partial charge in [0.25, 0.3) is 5.91 Å². The Kier molecular flexibility index (Phi) is 8.48. The summed E-state index contributed by atoms with van der Waals surface area (Å²) < 4.78 is 66.9. The molecule has 3 heterocycles. The summed E-state index contributed by atoms with van der Waals surface area (Å²) in [6, 6.07) is 13.0. The molecule has 2 aromatic carbocycles. The molecule has 1 amide bonds. The number of rotatable bonds is 10. The van der Waals surface area contributed by atoms with E-state index >= 15 is 0 Å². The number of anilines is 2. The molecular formula is C29H25F5N8O. The Bertz CT molecular complexity index is 1750. The van der Waals surface area contributed by atoms with E-state index in [-0.39, 0.29) is 30.0 Å². The fourth-order valence-corrected chi connectivity index (χ4v) is 4.25. The molecule has 0 saturated carbocycles. The van der Waals surface area contributed by atoms with Gasteiger partial charge >= 0.3 is 6.18 Å². The monoisotopic (exact) mass is 596 g/mol. The van der Waals surface area contributed by atoms with Gasteiger partial charge in [-0.2, -0.15) is 18.3 Å². The van der Waals surface area contributed by atoms with Gasteiger partial charge in [0.05, 0.1) is 16.5 Å². The summed E-state index contributed by atoms with van der Waals surface area (Å²) in [5.41, 5.74) is 7.43. The van der Waals surface area contributed by atoms with Gasteiger partial charge in [-0.1, -0.05) is 30.3 Å². The molecule has 5 rings (SSSR count).